The predicted octanol–water partition coefficient (Wildman–Crippen LogP) is 2.55. The molecule has 0 bridgehead atoms. The van der Waals surface area contributed by atoms with Crippen LogP contribution >= 0.6 is 15.9 Å². The van der Waals surface area contributed by atoms with Crippen molar-refractivity contribution in [2.45, 2.75) is 24.3 Å². The fourth-order valence-electron chi connectivity index (χ4n) is 1.15. The second-order valence-corrected chi connectivity index (χ2v) is 4.71. The molecule has 0 spiro atoms. The van der Waals surface area contributed by atoms with Gasteiger partial charge in [0, 0.05) is 0 Å². The fraction of sp³-hybridized carbons (Fsp3) is 0.364. The number of carbonyl (C=O) groups excluding carboxylic acids is 1. The summed E-state index contributed by atoms with van der Waals surface area (Å²) in [5, 5.41) is 9.69. The smallest absolute Gasteiger partial charge is 0.138 e. The lowest BCUT2D eigenvalue weighted by Crippen LogP contribution is -2.15. The first-order valence-corrected chi connectivity index (χ1v) is 5.29. The number of alkyl halides is 1. The highest BCUT2D eigenvalue weighted by Gasteiger charge is 2.15. The Labute approximate surface area is 92.1 Å². The van der Waals surface area contributed by atoms with Crippen LogP contribution in [0.3, 0.4) is 0 Å². The largest absolute Gasteiger partial charge is 0.386 e. The third-order valence-corrected chi connectivity index (χ3v) is 2.80. The lowest BCUT2D eigenvalue weighted by atomic mass is 9.97. The van der Waals surface area contributed by atoms with Crippen LogP contribution < -0.4 is 0 Å². The van der Waals surface area contributed by atoms with Gasteiger partial charge in [0.1, 0.15) is 6.29 Å². The van der Waals surface area contributed by atoms with Crippen molar-refractivity contribution >= 4 is 22.2 Å². The second kappa shape index (κ2) is 4.24. The van der Waals surface area contributed by atoms with Crippen LogP contribution in [0.5, 0.6) is 0 Å². The van der Waals surface area contributed by atoms with Crippen LogP contribution in [0.25, 0.3) is 0 Å². The van der Waals surface area contributed by atoms with E-state index in [0.717, 1.165) is 17.4 Å². The van der Waals surface area contributed by atoms with Gasteiger partial charge in [0.25, 0.3) is 0 Å². The molecule has 1 aromatic carbocycles. The molecule has 0 radical (unpaired) electrons. The molecule has 1 unspecified atom stereocenters. The van der Waals surface area contributed by atoms with Crippen LogP contribution in [-0.2, 0) is 10.4 Å². The van der Waals surface area contributed by atoms with Gasteiger partial charge in [0.2, 0.25) is 0 Å². The average molecular weight is 257 g/mol. The minimum Gasteiger partial charge on any atom is -0.386 e. The quantitative estimate of drug-likeness (QED) is 0.667. The van der Waals surface area contributed by atoms with Crippen molar-refractivity contribution in [2.75, 3.05) is 0 Å². The maximum Gasteiger partial charge on any atom is 0.138 e. The minimum atomic E-state index is -0.832. The molecule has 1 N–H and O–H groups in total. The minimum absolute atomic E-state index is 0.265. The van der Waals surface area contributed by atoms with Crippen LogP contribution in [0.4, 0.5) is 0 Å². The summed E-state index contributed by atoms with van der Waals surface area (Å²) < 4.78 is 0. The maximum atomic E-state index is 10.5. The lowest BCUT2D eigenvalue weighted by Gasteiger charge is -2.18. The number of hydrogen-bond acceptors (Lipinski definition) is 2. The van der Waals surface area contributed by atoms with E-state index in [1.54, 1.807) is 13.8 Å². The summed E-state index contributed by atoms with van der Waals surface area (Å²) in [6.45, 7) is 3.46. The van der Waals surface area contributed by atoms with Gasteiger partial charge < -0.3 is 9.90 Å². The molecule has 0 saturated heterocycles. The van der Waals surface area contributed by atoms with E-state index in [-0.39, 0.29) is 4.83 Å². The molecule has 0 heterocycles. The molecule has 0 saturated carbocycles. The first-order chi connectivity index (χ1) is 6.45. The van der Waals surface area contributed by atoms with Crippen molar-refractivity contribution in [3.63, 3.8) is 0 Å². The number of aldehydes is 1. The number of carbonyl (C=O) groups is 1. The normalized spacial score (nSPS) is 13.7. The van der Waals surface area contributed by atoms with Gasteiger partial charge in [-0.3, -0.25) is 0 Å². The van der Waals surface area contributed by atoms with Gasteiger partial charge in [0.15, 0.2) is 0 Å². The lowest BCUT2D eigenvalue weighted by molar-refractivity contribution is -0.107. The van der Waals surface area contributed by atoms with Gasteiger partial charge in [-0.05, 0) is 25.0 Å². The number of hydrogen-bond donors (Lipinski definition) is 1. The maximum absolute atomic E-state index is 10.5. The second-order valence-electron chi connectivity index (χ2n) is 3.72. The van der Waals surface area contributed by atoms with Crippen molar-refractivity contribution in [3.05, 3.63) is 35.4 Å². The van der Waals surface area contributed by atoms with Crippen molar-refractivity contribution in [1.29, 1.82) is 0 Å². The molecule has 0 aromatic heterocycles. The van der Waals surface area contributed by atoms with Crippen LogP contribution in [0.15, 0.2) is 24.3 Å². The van der Waals surface area contributed by atoms with E-state index in [9.17, 15) is 9.90 Å². The van der Waals surface area contributed by atoms with E-state index >= 15 is 0 Å². The summed E-state index contributed by atoms with van der Waals surface area (Å²) >= 11 is 3.23. The molecule has 0 fully saturated rings. The highest BCUT2D eigenvalue weighted by molar-refractivity contribution is 9.09. The molecule has 0 aliphatic rings. The van der Waals surface area contributed by atoms with Crippen LogP contribution in [0, 0.1) is 0 Å². The van der Waals surface area contributed by atoms with Gasteiger partial charge in [-0.2, -0.15) is 0 Å². The molecule has 1 aromatic rings. The van der Waals surface area contributed by atoms with Gasteiger partial charge in [-0.25, -0.2) is 0 Å². The molecule has 76 valence electrons. The van der Waals surface area contributed by atoms with E-state index in [2.05, 4.69) is 15.9 Å². The van der Waals surface area contributed by atoms with Gasteiger partial charge in [-0.15, -0.1) is 0 Å². The Balaban J connectivity index is 2.95. The number of halogens is 1. The molecular formula is C11H13BrO2. The molecule has 0 aliphatic carbocycles. The zero-order chi connectivity index (χ0) is 10.8. The number of aliphatic hydroxyl groups is 1. The molecule has 1 rings (SSSR count). The standard InChI is InChI=1S/C11H13BrO2/c1-11(2,14)9-5-3-8(4-6-9)10(12)7-13/h3-7,10,14H,1-2H3. The van der Waals surface area contributed by atoms with E-state index < -0.39 is 5.60 Å². The Hall–Kier alpha value is -0.670. The summed E-state index contributed by atoms with van der Waals surface area (Å²) in [5.41, 5.74) is 0.904. The number of benzene rings is 1. The zero-order valence-electron chi connectivity index (χ0n) is 8.20. The molecule has 1 atom stereocenters. The monoisotopic (exact) mass is 256 g/mol. The molecular weight excluding hydrogens is 244 g/mol. The van der Waals surface area contributed by atoms with Crippen molar-refractivity contribution in [2.24, 2.45) is 0 Å². The van der Waals surface area contributed by atoms with Crippen LogP contribution in [-0.4, -0.2) is 11.4 Å². The van der Waals surface area contributed by atoms with E-state index in [1.807, 2.05) is 24.3 Å². The van der Waals surface area contributed by atoms with Gasteiger partial charge in [0.05, 0.1) is 10.4 Å². The fourth-order valence-corrected chi connectivity index (χ4v) is 1.46. The van der Waals surface area contributed by atoms with Gasteiger partial charge in [-0.1, -0.05) is 40.2 Å². The molecule has 2 nitrogen and oxygen atoms in total. The molecule has 0 amide bonds. The topological polar surface area (TPSA) is 37.3 Å². The third kappa shape index (κ3) is 2.66. The summed E-state index contributed by atoms with van der Waals surface area (Å²) in [6.07, 6.45) is 0.832. The van der Waals surface area contributed by atoms with E-state index in [1.165, 1.54) is 0 Å². The summed E-state index contributed by atoms with van der Waals surface area (Å²) in [7, 11) is 0. The summed E-state index contributed by atoms with van der Waals surface area (Å²) in [5.74, 6) is 0. The highest BCUT2D eigenvalue weighted by Crippen LogP contribution is 2.24. The summed E-state index contributed by atoms with van der Waals surface area (Å²) in [4.78, 5) is 10.2. The first-order valence-electron chi connectivity index (χ1n) is 4.37. The van der Waals surface area contributed by atoms with Crippen molar-refractivity contribution in [1.82, 2.24) is 0 Å². The molecule has 3 heteroatoms. The predicted molar refractivity (Wildman–Crippen MR) is 59.4 cm³/mol. The van der Waals surface area contributed by atoms with Crippen LogP contribution in [0.2, 0.25) is 0 Å². The molecule has 0 aliphatic heterocycles. The van der Waals surface area contributed by atoms with Gasteiger partial charge >= 0.3 is 0 Å². The van der Waals surface area contributed by atoms with E-state index in [4.69, 9.17) is 0 Å². The third-order valence-electron chi connectivity index (χ3n) is 2.06. The zero-order valence-corrected chi connectivity index (χ0v) is 9.78. The Morgan fingerprint density at radius 1 is 1.36 bits per heavy atom. The SMILES string of the molecule is CC(C)(O)c1ccc(C(Br)C=O)cc1. The highest BCUT2D eigenvalue weighted by atomic mass is 79.9. The Kier molecular flexibility index (Phi) is 3.45. The first kappa shape index (κ1) is 11.4. The number of rotatable bonds is 3. The van der Waals surface area contributed by atoms with E-state index in [0.29, 0.717) is 0 Å². The van der Waals surface area contributed by atoms with Crippen LogP contribution in [0.1, 0.15) is 29.8 Å². The van der Waals surface area contributed by atoms with Crippen molar-refractivity contribution in [3.8, 4) is 0 Å². The molecule has 14 heavy (non-hydrogen) atoms. The average Bonchev–Trinajstić information content (AvgIpc) is 2.15. The van der Waals surface area contributed by atoms with Crippen molar-refractivity contribution < 1.29 is 9.90 Å². The Morgan fingerprint density at radius 3 is 2.21 bits per heavy atom. The summed E-state index contributed by atoms with van der Waals surface area (Å²) in [6, 6.07) is 7.32. The Bertz CT molecular complexity index is 311. The Morgan fingerprint density at radius 2 is 1.86 bits per heavy atom.